The van der Waals surface area contributed by atoms with E-state index in [9.17, 15) is 18.0 Å². The third-order valence-corrected chi connectivity index (χ3v) is 5.71. The Hall–Kier alpha value is -2.39. The van der Waals surface area contributed by atoms with E-state index in [1.165, 1.54) is 17.5 Å². The van der Waals surface area contributed by atoms with Crippen LogP contribution in [0, 0.1) is 13.8 Å². The summed E-state index contributed by atoms with van der Waals surface area (Å²) in [5.41, 5.74) is 6.09. The van der Waals surface area contributed by atoms with Crippen LogP contribution in [0.1, 0.15) is 31.2 Å². The van der Waals surface area contributed by atoms with E-state index in [4.69, 9.17) is 10.8 Å². The fourth-order valence-electron chi connectivity index (χ4n) is 2.01. The van der Waals surface area contributed by atoms with Gasteiger partial charge >= 0.3 is 5.97 Å². The zero-order chi connectivity index (χ0) is 17.4. The molecular weight excluding hydrogens is 340 g/mol. The highest BCUT2D eigenvalue weighted by molar-refractivity contribution is 7.92. The highest BCUT2D eigenvalue weighted by Gasteiger charge is 2.23. The van der Waals surface area contributed by atoms with Gasteiger partial charge in [0.15, 0.2) is 0 Å². The van der Waals surface area contributed by atoms with Crippen LogP contribution in [-0.4, -0.2) is 25.4 Å². The van der Waals surface area contributed by atoms with Gasteiger partial charge in [-0.15, -0.1) is 11.3 Å². The van der Waals surface area contributed by atoms with Crippen molar-refractivity contribution in [3.63, 3.8) is 0 Å². The molecule has 0 saturated heterocycles. The molecule has 0 atom stereocenters. The first kappa shape index (κ1) is 17.0. The monoisotopic (exact) mass is 354 g/mol. The molecule has 0 aliphatic carbocycles. The van der Waals surface area contributed by atoms with Gasteiger partial charge in [-0.3, -0.25) is 9.52 Å². The summed E-state index contributed by atoms with van der Waals surface area (Å²) in [7, 11) is -4.06. The number of carbonyl (C=O) groups is 2. The lowest BCUT2D eigenvalue weighted by Gasteiger charge is -2.13. The number of anilines is 1. The standard InChI is InChI=1S/C14H14N2O5S2/c1-7-5-9(14(18)19)6-11(8(7)2)23(20,21)16-10-3-4-22-12(10)13(15)17/h3-6,16H,1-2H3,(H2,15,17)(H,18,19). The number of aryl methyl sites for hydroxylation is 1. The minimum absolute atomic E-state index is 0.0697. The van der Waals surface area contributed by atoms with Gasteiger partial charge in [0.1, 0.15) is 4.88 Å². The molecule has 1 aromatic carbocycles. The lowest BCUT2D eigenvalue weighted by Crippen LogP contribution is -2.18. The van der Waals surface area contributed by atoms with Crippen LogP contribution in [0.15, 0.2) is 28.5 Å². The van der Waals surface area contributed by atoms with Gasteiger partial charge < -0.3 is 10.8 Å². The van der Waals surface area contributed by atoms with Crippen LogP contribution in [0.4, 0.5) is 5.69 Å². The molecule has 2 rings (SSSR count). The van der Waals surface area contributed by atoms with Gasteiger partial charge in [0, 0.05) is 0 Å². The molecule has 0 aliphatic heterocycles. The SMILES string of the molecule is Cc1cc(C(=O)O)cc(S(=O)(=O)Nc2ccsc2C(N)=O)c1C. The largest absolute Gasteiger partial charge is 0.478 e. The molecule has 0 fully saturated rings. The Morgan fingerprint density at radius 2 is 1.91 bits per heavy atom. The Bertz CT molecular complexity index is 900. The normalized spacial score (nSPS) is 11.2. The van der Waals surface area contributed by atoms with E-state index in [2.05, 4.69) is 4.72 Å². The Balaban J connectivity index is 2.54. The summed E-state index contributed by atoms with van der Waals surface area (Å²) in [5, 5.41) is 10.6. The number of carboxylic acids is 1. The molecule has 9 heteroatoms. The first-order chi connectivity index (χ1) is 10.6. The lowest BCUT2D eigenvalue weighted by molar-refractivity contribution is 0.0696. The maximum absolute atomic E-state index is 12.6. The van der Waals surface area contributed by atoms with E-state index >= 15 is 0 Å². The molecular formula is C14H14N2O5S2. The average Bonchev–Trinajstić information content (AvgIpc) is 2.88. The molecule has 0 bridgehead atoms. The maximum atomic E-state index is 12.6. The second-order valence-electron chi connectivity index (χ2n) is 4.85. The van der Waals surface area contributed by atoms with Crippen molar-refractivity contribution in [3.8, 4) is 0 Å². The maximum Gasteiger partial charge on any atom is 0.335 e. The van der Waals surface area contributed by atoms with Crippen LogP contribution in [0.5, 0.6) is 0 Å². The van der Waals surface area contributed by atoms with Crippen LogP contribution in [0.25, 0.3) is 0 Å². The predicted molar refractivity (Wildman–Crippen MR) is 86.5 cm³/mol. The minimum atomic E-state index is -4.06. The number of carboxylic acid groups (broad SMARTS) is 1. The lowest BCUT2D eigenvalue weighted by atomic mass is 10.1. The van der Waals surface area contributed by atoms with Crippen molar-refractivity contribution in [2.24, 2.45) is 5.73 Å². The number of aromatic carboxylic acids is 1. The summed E-state index contributed by atoms with van der Waals surface area (Å²) in [5.74, 6) is -1.97. The van der Waals surface area contributed by atoms with E-state index in [0.29, 0.717) is 11.1 Å². The summed E-state index contributed by atoms with van der Waals surface area (Å²) < 4.78 is 27.4. The van der Waals surface area contributed by atoms with Crippen molar-refractivity contribution in [1.29, 1.82) is 0 Å². The van der Waals surface area contributed by atoms with Gasteiger partial charge in [-0.25, -0.2) is 13.2 Å². The Labute approximate surface area is 136 Å². The molecule has 1 amide bonds. The van der Waals surface area contributed by atoms with Crippen molar-refractivity contribution in [2.75, 3.05) is 4.72 Å². The molecule has 2 aromatic rings. The topological polar surface area (TPSA) is 127 Å². The van der Waals surface area contributed by atoms with E-state index < -0.39 is 21.9 Å². The number of nitrogens with one attached hydrogen (secondary N) is 1. The van der Waals surface area contributed by atoms with Crippen LogP contribution in [0.3, 0.4) is 0 Å². The highest BCUT2D eigenvalue weighted by Crippen LogP contribution is 2.27. The molecule has 1 aromatic heterocycles. The van der Waals surface area contributed by atoms with E-state index in [-0.39, 0.29) is 21.0 Å². The number of hydrogen-bond acceptors (Lipinski definition) is 5. The summed E-state index contributed by atoms with van der Waals surface area (Å²) in [6.07, 6.45) is 0. The predicted octanol–water partition coefficient (Wildman–Crippen LogP) is 1.96. The molecule has 0 radical (unpaired) electrons. The first-order valence-electron chi connectivity index (χ1n) is 6.38. The molecule has 4 N–H and O–H groups in total. The number of benzene rings is 1. The van der Waals surface area contributed by atoms with Crippen molar-refractivity contribution in [2.45, 2.75) is 18.7 Å². The Morgan fingerprint density at radius 3 is 2.48 bits per heavy atom. The molecule has 0 spiro atoms. The highest BCUT2D eigenvalue weighted by atomic mass is 32.2. The second kappa shape index (κ2) is 6.01. The number of sulfonamides is 1. The van der Waals surface area contributed by atoms with Gasteiger partial charge in [-0.2, -0.15) is 0 Å². The molecule has 122 valence electrons. The zero-order valence-electron chi connectivity index (χ0n) is 12.3. The Morgan fingerprint density at radius 1 is 1.26 bits per heavy atom. The number of hydrogen-bond donors (Lipinski definition) is 3. The molecule has 7 nitrogen and oxygen atoms in total. The number of rotatable bonds is 5. The van der Waals surface area contributed by atoms with Crippen molar-refractivity contribution in [3.05, 3.63) is 45.1 Å². The summed E-state index contributed by atoms with van der Waals surface area (Å²) in [6, 6.07) is 3.91. The summed E-state index contributed by atoms with van der Waals surface area (Å²) >= 11 is 1.01. The average molecular weight is 354 g/mol. The second-order valence-corrected chi connectivity index (χ2v) is 7.42. The summed E-state index contributed by atoms with van der Waals surface area (Å²) in [6.45, 7) is 3.21. The molecule has 23 heavy (non-hydrogen) atoms. The van der Waals surface area contributed by atoms with Crippen LogP contribution >= 0.6 is 11.3 Å². The minimum Gasteiger partial charge on any atom is -0.478 e. The third kappa shape index (κ3) is 3.35. The van der Waals surface area contributed by atoms with Crippen molar-refractivity contribution in [1.82, 2.24) is 0 Å². The van der Waals surface area contributed by atoms with Gasteiger partial charge in [-0.05, 0) is 48.6 Å². The number of primary amides is 1. The summed E-state index contributed by atoms with van der Waals surface area (Å²) in [4.78, 5) is 22.3. The van der Waals surface area contributed by atoms with Crippen LogP contribution in [0.2, 0.25) is 0 Å². The van der Waals surface area contributed by atoms with Gasteiger partial charge in [0.2, 0.25) is 0 Å². The van der Waals surface area contributed by atoms with E-state index in [1.807, 2.05) is 0 Å². The smallest absolute Gasteiger partial charge is 0.335 e. The third-order valence-electron chi connectivity index (χ3n) is 3.29. The number of carbonyl (C=O) groups excluding carboxylic acids is 1. The quantitative estimate of drug-likeness (QED) is 0.756. The number of amides is 1. The molecule has 0 aliphatic rings. The van der Waals surface area contributed by atoms with Gasteiger partial charge in [0.25, 0.3) is 15.9 Å². The van der Waals surface area contributed by atoms with E-state index in [1.54, 1.807) is 13.8 Å². The fourth-order valence-corrected chi connectivity index (χ4v) is 4.19. The van der Waals surface area contributed by atoms with Gasteiger partial charge in [-0.1, -0.05) is 0 Å². The number of nitrogens with two attached hydrogens (primary N) is 1. The van der Waals surface area contributed by atoms with Gasteiger partial charge in [0.05, 0.1) is 16.1 Å². The number of thiophene rings is 1. The van der Waals surface area contributed by atoms with Crippen LogP contribution < -0.4 is 10.5 Å². The molecule has 1 heterocycles. The van der Waals surface area contributed by atoms with Crippen LogP contribution in [-0.2, 0) is 10.0 Å². The zero-order valence-corrected chi connectivity index (χ0v) is 13.9. The molecule has 0 saturated carbocycles. The van der Waals surface area contributed by atoms with Crippen molar-refractivity contribution < 1.29 is 23.1 Å². The molecule has 0 unspecified atom stereocenters. The van der Waals surface area contributed by atoms with Crippen molar-refractivity contribution >= 4 is 38.9 Å². The fraction of sp³-hybridized carbons (Fsp3) is 0.143. The first-order valence-corrected chi connectivity index (χ1v) is 8.74. The Kier molecular flexibility index (Phi) is 4.44. The van der Waals surface area contributed by atoms with E-state index in [0.717, 1.165) is 17.4 Å².